The molecular formula is C11H15NO2S. The number of aryl methyl sites for hydroxylation is 1. The Morgan fingerprint density at radius 1 is 1.53 bits per heavy atom. The summed E-state index contributed by atoms with van der Waals surface area (Å²) in [4.78, 5) is 11.4. The summed E-state index contributed by atoms with van der Waals surface area (Å²) in [5.41, 5.74) is 7.69. The highest BCUT2D eigenvalue weighted by atomic mass is 32.2. The molecule has 3 N–H and O–H groups in total. The van der Waals surface area contributed by atoms with Crippen molar-refractivity contribution in [1.29, 1.82) is 0 Å². The Labute approximate surface area is 93.7 Å². The van der Waals surface area contributed by atoms with Crippen LogP contribution in [0, 0.1) is 0 Å². The van der Waals surface area contributed by atoms with Gasteiger partial charge in [-0.15, -0.1) is 11.8 Å². The van der Waals surface area contributed by atoms with Crippen molar-refractivity contribution in [3.8, 4) is 0 Å². The molecule has 4 heteroatoms. The molecule has 0 aliphatic carbocycles. The highest BCUT2D eigenvalue weighted by Gasteiger charge is 2.01. The number of anilines is 1. The molecule has 0 aliphatic heterocycles. The van der Waals surface area contributed by atoms with Crippen molar-refractivity contribution in [3.63, 3.8) is 0 Å². The zero-order chi connectivity index (χ0) is 11.3. The minimum Gasteiger partial charge on any atom is -0.481 e. The second-order valence-corrected chi connectivity index (χ2v) is 4.17. The van der Waals surface area contributed by atoms with E-state index in [0.717, 1.165) is 22.6 Å². The summed E-state index contributed by atoms with van der Waals surface area (Å²) >= 11 is 1.61. The van der Waals surface area contributed by atoms with Gasteiger partial charge in [0, 0.05) is 17.0 Å². The first-order valence-electron chi connectivity index (χ1n) is 4.77. The summed E-state index contributed by atoms with van der Waals surface area (Å²) < 4.78 is 0. The lowest BCUT2D eigenvalue weighted by molar-refractivity contribution is -0.137. The van der Waals surface area contributed by atoms with Gasteiger partial charge in [-0.1, -0.05) is 6.07 Å². The number of carbonyl (C=O) groups is 1. The van der Waals surface area contributed by atoms with Crippen LogP contribution < -0.4 is 5.73 Å². The van der Waals surface area contributed by atoms with Crippen molar-refractivity contribution in [1.82, 2.24) is 0 Å². The summed E-state index contributed by atoms with van der Waals surface area (Å²) in [5, 5.41) is 8.51. The van der Waals surface area contributed by atoms with Crippen molar-refractivity contribution in [2.45, 2.75) is 24.2 Å². The van der Waals surface area contributed by atoms with Crippen LogP contribution in [0.3, 0.4) is 0 Å². The molecule has 1 aromatic carbocycles. The molecular weight excluding hydrogens is 210 g/mol. The molecule has 0 amide bonds. The minimum absolute atomic E-state index is 0.221. The second kappa shape index (κ2) is 5.66. The van der Waals surface area contributed by atoms with Crippen molar-refractivity contribution in [2.24, 2.45) is 0 Å². The Bertz CT molecular complexity index is 352. The third kappa shape index (κ3) is 3.83. The van der Waals surface area contributed by atoms with E-state index in [-0.39, 0.29) is 6.42 Å². The number of hydrogen-bond acceptors (Lipinski definition) is 3. The maximum Gasteiger partial charge on any atom is 0.303 e. The number of rotatable bonds is 5. The van der Waals surface area contributed by atoms with Crippen LogP contribution in [0.15, 0.2) is 23.1 Å². The number of hydrogen-bond donors (Lipinski definition) is 2. The van der Waals surface area contributed by atoms with E-state index in [1.54, 1.807) is 11.8 Å². The van der Waals surface area contributed by atoms with Gasteiger partial charge in [-0.3, -0.25) is 4.79 Å². The molecule has 0 spiro atoms. The van der Waals surface area contributed by atoms with Crippen molar-refractivity contribution in [2.75, 3.05) is 12.0 Å². The van der Waals surface area contributed by atoms with Gasteiger partial charge < -0.3 is 10.8 Å². The van der Waals surface area contributed by atoms with E-state index in [9.17, 15) is 4.79 Å². The fraction of sp³-hybridized carbons (Fsp3) is 0.364. The quantitative estimate of drug-likeness (QED) is 0.596. The van der Waals surface area contributed by atoms with Gasteiger partial charge in [-0.25, -0.2) is 0 Å². The largest absolute Gasteiger partial charge is 0.481 e. The van der Waals surface area contributed by atoms with E-state index in [4.69, 9.17) is 10.8 Å². The first-order chi connectivity index (χ1) is 7.13. The van der Waals surface area contributed by atoms with Crippen LogP contribution in [0.4, 0.5) is 5.69 Å². The third-order valence-corrected chi connectivity index (χ3v) is 2.95. The van der Waals surface area contributed by atoms with Gasteiger partial charge in [-0.05, 0) is 36.8 Å². The number of carboxylic acids is 1. The Kier molecular flexibility index (Phi) is 4.49. The predicted octanol–water partition coefficient (Wildman–Crippen LogP) is 2.40. The molecule has 0 atom stereocenters. The third-order valence-electron chi connectivity index (χ3n) is 2.15. The SMILES string of the molecule is CSc1cc(CCCC(=O)O)ccc1N. The predicted molar refractivity (Wildman–Crippen MR) is 63.2 cm³/mol. The second-order valence-electron chi connectivity index (χ2n) is 3.32. The number of nitrogen functional groups attached to an aromatic ring is 1. The van der Waals surface area contributed by atoms with Gasteiger partial charge in [0.1, 0.15) is 0 Å². The Hall–Kier alpha value is -1.16. The van der Waals surface area contributed by atoms with Crippen molar-refractivity contribution < 1.29 is 9.90 Å². The molecule has 0 unspecified atom stereocenters. The average molecular weight is 225 g/mol. The van der Waals surface area contributed by atoms with E-state index in [0.29, 0.717) is 6.42 Å². The number of thioether (sulfide) groups is 1. The van der Waals surface area contributed by atoms with E-state index in [1.165, 1.54) is 0 Å². The minimum atomic E-state index is -0.740. The van der Waals surface area contributed by atoms with Crippen molar-refractivity contribution in [3.05, 3.63) is 23.8 Å². The smallest absolute Gasteiger partial charge is 0.303 e. The first kappa shape index (κ1) is 11.9. The standard InChI is InChI=1S/C11H15NO2S/c1-15-10-7-8(5-6-9(10)12)3-2-4-11(13)14/h5-7H,2-4,12H2,1H3,(H,13,14). The van der Waals surface area contributed by atoms with Crippen LogP contribution in [0.1, 0.15) is 18.4 Å². The van der Waals surface area contributed by atoms with E-state index in [2.05, 4.69) is 0 Å². The monoisotopic (exact) mass is 225 g/mol. The Balaban J connectivity index is 2.58. The molecule has 82 valence electrons. The topological polar surface area (TPSA) is 63.3 Å². The molecule has 0 heterocycles. The maximum atomic E-state index is 10.3. The van der Waals surface area contributed by atoms with Gasteiger partial charge in [0.05, 0.1) is 0 Å². The van der Waals surface area contributed by atoms with Crippen molar-refractivity contribution >= 4 is 23.4 Å². The van der Waals surface area contributed by atoms with Gasteiger partial charge in [0.2, 0.25) is 0 Å². The van der Waals surface area contributed by atoms with Crippen LogP contribution >= 0.6 is 11.8 Å². The number of nitrogens with two attached hydrogens (primary N) is 1. The normalized spacial score (nSPS) is 10.2. The number of carboxylic acid groups (broad SMARTS) is 1. The summed E-state index contributed by atoms with van der Waals surface area (Å²) in [5.74, 6) is -0.740. The number of benzene rings is 1. The highest BCUT2D eigenvalue weighted by molar-refractivity contribution is 7.98. The summed E-state index contributed by atoms with van der Waals surface area (Å²) in [6.45, 7) is 0. The fourth-order valence-corrected chi connectivity index (χ4v) is 1.93. The van der Waals surface area contributed by atoms with Gasteiger partial charge in [-0.2, -0.15) is 0 Å². The average Bonchev–Trinajstić information content (AvgIpc) is 2.20. The molecule has 0 radical (unpaired) electrons. The lowest BCUT2D eigenvalue weighted by atomic mass is 10.1. The van der Waals surface area contributed by atoms with E-state index >= 15 is 0 Å². The molecule has 3 nitrogen and oxygen atoms in total. The molecule has 1 rings (SSSR count). The maximum absolute atomic E-state index is 10.3. The molecule has 0 aliphatic rings. The summed E-state index contributed by atoms with van der Waals surface area (Å²) in [6, 6.07) is 5.86. The molecule has 0 saturated carbocycles. The lowest BCUT2D eigenvalue weighted by Crippen LogP contribution is -1.96. The molecule has 0 bridgehead atoms. The summed E-state index contributed by atoms with van der Waals surface area (Å²) in [7, 11) is 0. The zero-order valence-electron chi connectivity index (χ0n) is 8.69. The molecule has 0 aromatic heterocycles. The van der Waals surface area contributed by atoms with Crippen LogP contribution in [0.25, 0.3) is 0 Å². The van der Waals surface area contributed by atoms with E-state index < -0.39 is 5.97 Å². The molecule has 1 aromatic rings. The van der Waals surface area contributed by atoms with Gasteiger partial charge in [0.25, 0.3) is 0 Å². The Morgan fingerprint density at radius 3 is 2.87 bits per heavy atom. The molecule has 0 saturated heterocycles. The van der Waals surface area contributed by atoms with Crippen LogP contribution in [0.2, 0.25) is 0 Å². The molecule has 0 fully saturated rings. The number of aliphatic carboxylic acids is 1. The van der Waals surface area contributed by atoms with E-state index in [1.807, 2.05) is 24.5 Å². The summed E-state index contributed by atoms with van der Waals surface area (Å²) in [6.07, 6.45) is 3.67. The fourth-order valence-electron chi connectivity index (χ4n) is 1.35. The van der Waals surface area contributed by atoms with Crippen LogP contribution in [-0.2, 0) is 11.2 Å². The molecule has 15 heavy (non-hydrogen) atoms. The first-order valence-corrected chi connectivity index (χ1v) is 6.00. The van der Waals surface area contributed by atoms with Crippen LogP contribution in [-0.4, -0.2) is 17.3 Å². The Morgan fingerprint density at radius 2 is 2.27 bits per heavy atom. The van der Waals surface area contributed by atoms with Crippen LogP contribution in [0.5, 0.6) is 0 Å². The zero-order valence-corrected chi connectivity index (χ0v) is 9.51. The highest BCUT2D eigenvalue weighted by Crippen LogP contribution is 2.24. The lowest BCUT2D eigenvalue weighted by Gasteiger charge is -2.05. The van der Waals surface area contributed by atoms with Gasteiger partial charge >= 0.3 is 5.97 Å². The van der Waals surface area contributed by atoms with Gasteiger partial charge in [0.15, 0.2) is 0 Å².